The topological polar surface area (TPSA) is 18.5 Å². The lowest BCUT2D eigenvalue weighted by atomic mass is 10.8. The van der Waals surface area contributed by atoms with E-state index < -0.39 is 6.27 Å². The molecule has 0 aromatic rings. The van der Waals surface area contributed by atoms with Gasteiger partial charge in [-0.15, -0.1) is 0 Å². The van der Waals surface area contributed by atoms with E-state index in [0.29, 0.717) is 13.2 Å². The largest absolute Gasteiger partial charge is 0.351 e. The Kier molecular flexibility index (Phi) is 0.787. The Bertz CT molecular complexity index is 64.1. The highest BCUT2D eigenvalue weighted by atomic mass is 16.7. The number of rotatable bonds is 0. The van der Waals surface area contributed by atoms with Gasteiger partial charge in [-0.3, -0.25) is 0 Å². The van der Waals surface area contributed by atoms with Crippen molar-refractivity contribution in [3.63, 3.8) is 0 Å². The van der Waals surface area contributed by atoms with E-state index >= 15 is 0 Å². The molecule has 0 amide bonds. The Balaban J connectivity index is 2.40. The van der Waals surface area contributed by atoms with Crippen molar-refractivity contribution in [3.8, 4) is 0 Å². The van der Waals surface area contributed by atoms with Gasteiger partial charge in [0.15, 0.2) is 6.27 Å². The van der Waals surface area contributed by atoms with Crippen LogP contribution < -0.4 is 0 Å². The third kappa shape index (κ3) is 0.698. The summed E-state index contributed by atoms with van der Waals surface area (Å²) in [5.74, 6) is 0. The van der Waals surface area contributed by atoms with Crippen molar-refractivity contribution in [1.29, 1.82) is 0 Å². The molecule has 0 aliphatic carbocycles. The first-order valence-electron chi connectivity index (χ1n) is 2.49. The first-order valence-corrected chi connectivity index (χ1v) is 1.99. The van der Waals surface area contributed by atoms with Gasteiger partial charge in [0.2, 0.25) is 0 Å². The molecule has 1 heterocycles. The second kappa shape index (κ2) is 1.58. The predicted octanol–water partition coefficient (Wildman–Crippen LogP) is 0.379. The van der Waals surface area contributed by atoms with Crippen LogP contribution in [0.3, 0.4) is 0 Å². The summed E-state index contributed by atoms with van der Waals surface area (Å²) in [7, 11) is 0. The van der Waals surface area contributed by atoms with Crippen LogP contribution in [-0.4, -0.2) is 19.5 Å². The maximum Gasteiger partial charge on any atom is 0.155 e. The van der Waals surface area contributed by atoms with Crippen LogP contribution in [0.1, 0.15) is 8.29 Å². The summed E-state index contributed by atoms with van der Waals surface area (Å²) in [5, 5.41) is 0. The summed E-state index contributed by atoms with van der Waals surface area (Å²) in [6.45, 7) is 2.69. The molecule has 2 nitrogen and oxygen atoms in total. The molecular formula is C4H8O2. The molecule has 0 aromatic heterocycles. The molecule has 1 rings (SSSR count). The van der Waals surface area contributed by atoms with Crippen LogP contribution in [0.4, 0.5) is 0 Å². The van der Waals surface area contributed by atoms with E-state index in [4.69, 9.17) is 10.8 Å². The van der Waals surface area contributed by atoms with Gasteiger partial charge in [-0.25, -0.2) is 0 Å². The summed E-state index contributed by atoms with van der Waals surface area (Å²) in [6.07, 6.45) is -1.06. The Labute approximate surface area is 38.5 Å². The molecule has 0 N–H and O–H groups in total. The minimum Gasteiger partial charge on any atom is -0.351 e. The predicted molar refractivity (Wildman–Crippen MR) is 21.4 cm³/mol. The van der Waals surface area contributed by atoms with Crippen LogP contribution in [0.5, 0.6) is 0 Å². The molecule has 1 fully saturated rings. The van der Waals surface area contributed by atoms with E-state index in [1.54, 1.807) is 6.92 Å². The van der Waals surface area contributed by atoms with Crippen LogP contribution in [0, 0.1) is 0 Å². The highest BCUT2D eigenvalue weighted by Crippen LogP contribution is 1.99. The molecule has 6 heavy (non-hydrogen) atoms. The first-order chi connectivity index (χ1) is 3.21. The molecule has 0 radical (unpaired) electrons. The molecule has 1 saturated heterocycles. The third-order valence-electron chi connectivity index (χ3n) is 0.694. The SMILES string of the molecule is [2H]C1(C)OCCO1. The molecule has 0 atom stereocenters. The Hall–Kier alpha value is -0.0800. The van der Waals surface area contributed by atoms with E-state index in [1.165, 1.54) is 0 Å². The van der Waals surface area contributed by atoms with Crippen LogP contribution in [0.15, 0.2) is 0 Å². The molecule has 1 aliphatic heterocycles. The van der Waals surface area contributed by atoms with Crippen molar-refractivity contribution in [1.82, 2.24) is 0 Å². The standard InChI is InChI=1S/C4H8O2/c1-4-5-2-3-6-4/h4H,2-3H2,1H3/i4D. The molecule has 0 bridgehead atoms. The van der Waals surface area contributed by atoms with Crippen LogP contribution in [0.2, 0.25) is 0 Å². The highest BCUT2D eigenvalue weighted by molar-refractivity contribution is 4.40. The third-order valence-corrected chi connectivity index (χ3v) is 0.694. The number of hydrogen-bond acceptors (Lipinski definition) is 2. The van der Waals surface area contributed by atoms with Gasteiger partial charge >= 0.3 is 0 Å². The zero-order chi connectivity index (χ0) is 5.33. The van der Waals surface area contributed by atoms with Gasteiger partial charge in [-0.05, 0) is 6.92 Å². The van der Waals surface area contributed by atoms with Gasteiger partial charge < -0.3 is 9.47 Å². The van der Waals surface area contributed by atoms with Gasteiger partial charge in [-0.2, -0.15) is 0 Å². The zero-order valence-corrected chi connectivity index (χ0v) is 3.73. The lowest BCUT2D eigenvalue weighted by molar-refractivity contribution is -0.0254. The molecule has 0 saturated carbocycles. The van der Waals surface area contributed by atoms with Crippen LogP contribution >= 0.6 is 0 Å². The Morgan fingerprint density at radius 1 is 1.67 bits per heavy atom. The average molecular weight is 89.1 g/mol. The van der Waals surface area contributed by atoms with E-state index in [-0.39, 0.29) is 0 Å². The van der Waals surface area contributed by atoms with Crippen LogP contribution in [-0.2, 0) is 9.47 Å². The van der Waals surface area contributed by atoms with Gasteiger partial charge in [-0.1, -0.05) is 0 Å². The quantitative estimate of drug-likeness (QED) is 0.427. The van der Waals surface area contributed by atoms with Gasteiger partial charge in [0.25, 0.3) is 0 Å². The molecule has 0 aromatic carbocycles. The smallest absolute Gasteiger partial charge is 0.155 e. The first kappa shape index (κ1) is 2.99. The molecule has 0 unspecified atom stereocenters. The normalized spacial score (nSPS) is 33.2. The summed E-state index contributed by atoms with van der Waals surface area (Å²) >= 11 is 0. The lowest BCUT2D eigenvalue weighted by Gasteiger charge is -1.94. The van der Waals surface area contributed by atoms with E-state index in [2.05, 4.69) is 0 Å². The van der Waals surface area contributed by atoms with E-state index in [1.807, 2.05) is 0 Å². The fourth-order valence-corrected chi connectivity index (χ4v) is 0.412. The summed E-state index contributed by atoms with van der Waals surface area (Å²) < 4.78 is 16.6. The van der Waals surface area contributed by atoms with Crippen molar-refractivity contribution in [2.24, 2.45) is 0 Å². The molecular weight excluding hydrogens is 80.0 g/mol. The van der Waals surface area contributed by atoms with Crippen molar-refractivity contribution in [2.45, 2.75) is 13.2 Å². The Morgan fingerprint density at radius 2 is 2.17 bits per heavy atom. The van der Waals surface area contributed by atoms with Gasteiger partial charge in [0.1, 0.15) is 0 Å². The van der Waals surface area contributed by atoms with Crippen molar-refractivity contribution < 1.29 is 10.8 Å². The fraction of sp³-hybridized carbons (Fsp3) is 1.00. The molecule has 36 valence electrons. The molecule has 1 aliphatic rings. The average Bonchev–Trinajstić information content (AvgIpc) is 1.84. The maximum absolute atomic E-state index is 7.04. The Morgan fingerprint density at radius 3 is 2.33 bits per heavy atom. The van der Waals surface area contributed by atoms with Gasteiger partial charge in [0, 0.05) is 0 Å². The van der Waals surface area contributed by atoms with E-state index in [9.17, 15) is 0 Å². The summed E-state index contributed by atoms with van der Waals surface area (Å²) in [4.78, 5) is 0. The zero-order valence-electron chi connectivity index (χ0n) is 4.73. The molecule has 0 spiro atoms. The summed E-state index contributed by atoms with van der Waals surface area (Å²) in [5.41, 5.74) is 0. The van der Waals surface area contributed by atoms with E-state index in [0.717, 1.165) is 0 Å². The van der Waals surface area contributed by atoms with Crippen molar-refractivity contribution >= 4 is 0 Å². The number of ether oxygens (including phenoxy) is 2. The van der Waals surface area contributed by atoms with Crippen LogP contribution in [0.25, 0.3) is 0 Å². The van der Waals surface area contributed by atoms with Crippen molar-refractivity contribution in [3.05, 3.63) is 0 Å². The fourth-order valence-electron chi connectivity index (χ4n) is 0.412. The second-order valence-electron chi connectivity index (χ2n) is 1.19. The number of hydrogen-bond donors (Lipinski definition) is 0. The minimum absolute atomic E-state index is 0.556. The second-order valence-corrected chi connectivity index (χ2v) is 1.19. The maximum atomic E-state index is 7.04. The molecule has 2 heteroatoms. The highest BCUT2D eigenvalue weighted by Gasteiger charge is 2.07. The monoisotopic (exact) mass is 89.1 g/mol. The van der Waals surface area contributed by atoms with Gasteiger partial charge in [0.05, 0.1) is 14.6 Å². The van der Waals surface area contributed by atoms with Crippen molar-refractivity contribution in [2.75, 3.05) is 13.2 Å². The minimum atomic E-state index is -1.06. The summed E-state index contributed by atoms with van der Waals surface area (Å²) in [6, 6.07) is 0. The lowest BCUT2D eigenvalue weighted by Crippen LogP contribution is -1.97.